The molecule has 0 bridgehead atoms. The van der Waals surface area contributed by atoms with Crippen LogP contribution in [0.3, 0.4) is 0 Å². The second-order valence-corrected chi connectivity index (χ2v) is 6.93. The van der Waals surface area contributed by atoms with Gasteiger partial charge in [0.15, 0.2) is 0 Å². The van der Waals surface area contributed by atoms with E-state index in [-0.39, 0.29) is 5.54 Å². The van der Waals surface area contributed by atoms with Crippen molar-refractivity contribution in [3.63, 3.8) is 0 Å². The molecule has 2 heterocycles. The summed E-state index contributed by atoms with van der Waals surface area (Å²) in [6.45, 7) is 1.96. The van der Waals surface area contributed by atoms with E-state index in [9.17, 15) is 0 Å². The van der Waals surface area contributed by atoms with Gasteiger partial charge in [-0.3, -0.25) is 0 Å². The van der Waals surface area contributed by atoms with Crippen molar-refractivity contribution in [2.24, 2.45) is 5.73 Å². The molecule has 104 valence electrons. The molecule has 1 aromatic carbocycles. The Balaban J connectivity index is 1.98. The fourth-order valence-electron chi connectivity index (χ4n) is 3.51. The molecule has 2 aliphatic rings. The minimum absolute atomic E-state index is 0.198. The third-order valence-electron chi connectivity index (χ3n) is 4.61. The van der Waals surface area contributed by atoms with Gasteiger partial charge < -0.3 is 10.6 Å². The summed E-state index contributed by atoms with van der Waals surface area (Å²) >= 11 is 2.08. The lowest BCUT2D eigenvalue weighted by molar-refractivity contribution is 0.394. The number of fused-ring (bicyclic) bond motifs is 1. The average molecular weight is 276 g/mol. The van der Waals surface area contributed by atoms with E-state index >= 15 is 0 Å². The molecule has 0 saturated carbocycles. The van der Waals surface area contributed by atoms with Crippen LogP contribution in [-0.4, -0.2) is 30.1 Å². The highest BCUT2D eigenvalue weighted by Gasteiger charge is 2.38. The van der Waals surface area contributed by atoms with Gasteiger partial charge in [0.05, 0.1) is 5.54 Å². The number of hydrogen-bond acceptors (Lipinski definition) is 3. The first-order chi connectivity index (χ1) is 9.36. The predicted octanol–water partition coefficient (Wildman–Crippen LogP) is 3.05. The summed E-state index contributed by atoms with van der Waals surface area (Å²) in [6, 6.07) is 8.95. The summed E-state index contributed by atoms with van der Waals surface area (Å²) in [4.78, 5) is 2.65. The highest BCUT2D eigenvalue weighted by atomic mass is 32.2. The molecule has 1 saturated heterocycles. The molecular weight excluding hydrogens is 252 g/mol. The second kappa shape index (κ2) is 5.76. The van der Waals surface area contributed by atoms with Crippen LogP contribution in [0.15, 0.2) is 24.3 Å². The lowest BCUT2D eigenvalue weighted by Gasteiger charge is -2.47. The zero-order valence-electron chi connectivity index (χ0n) is 11.6. The van der Waals surface area contributed by atoms with Crippen LogP contribution in [-0.2, 0) is 6.42 Å². The van der Waals surface area contributed by atoms with Gasteiger partial charge in [-0.25, -0.2) is 0 Å². The molecule has 0 amide bonds. The second-order valence-electron chi connectivity index (χ2n) is 5.82. The monoisotopic (exact) mass is 276 g/mol. The topological polar surface area (TPSA) is 29.3 Å². The van der Waals surface area contributed by atoms with Crippen LogP contribution >= 0.6 is 11.8 Å². The Labute approximate surface area is 120 Å². The molecule has 19 heavy (non-hydrogen) atoms. The van der Waals surface area contributed by atoms with E-state index in [1.165, 1.54) is 61.4 Å². The largest absolute Gasteiger partial charge is 0.364 e. The van der Waals surface area contributed by atoms with E-state index in [4.69, 9.17) is 5.73 Å². The Morgan fingerprint density at radius 2 is 2.11 bits per heavy atom. The van der Waals surface area contributed by atoms with E-state index in [0.717, 1.165) is 6.54 Å². The van der Waals surface area contributed by atoms with Crippen molar-refractivity contribution >= 4 is 17.4 Å². The van der Waals surface area contributed by atoms with Crippen LogP contribution in [0.2, 0.25) is 0 Å². The van der Waals surface area contributed by atoms with Crippen LogP contribution in [0.4, 0.5) is 5.69 Å². The number of anilines is 1. The fourth-order valence-corrected chi connectivity index (χ4v) is 4.80. The maximum atomic E-state index is 6.22. The summed E-state index contributed by atoms with van der Waals surface area (Å²) in [5, 5.41) is 0. The molecule has 0 aromatic heterocycles. The van der Waals surface area contributed by atoms with Crippen LogP contribution in [0, 0.1) is 0 Å². The lowest BCUT2D eigenvalue weighted by atomic mass is 9.91. The molecule has 0 radical (unpaired) electrons. The number of rotatable bonds is 2. The summed E-state index contributed by atoms with van der Waals surface area (Å²) in [5.41, 5.74) is 9.39. The molecule has 0 spiro atoms. The number of nitrogens with two attached hydrogens (primary N) is 1. The number of hydrogen-bond donors (Lipinski definition) is 1. The number of aryl methyl sites for hydroxylation is 1. The minimum Gasteiger partial charge on any atom is -0.364 e. The van der Waals surface area contributed by atoms with Gasteiger partial charge in [-0.15, -0.1) is 0 Å². The number of nitrogens with zero attached hydrogens (tertiary/aromatic N) is 1. The first kappa shape index (κ1) is 13.3. The van der Waals surface area contributed by atoms with Gasteiger partial charge in [0, 0.05) is 24.5 Å². The van der Waals surface area contributed by atoms with Gasteiger partial charge in [0.2, 0.25) is 0 Å². The molecule has 2 N–H and O–H groups in total. The van der Waals surface area contributed by atoms with E-state index in [2.05, 4.69) is 40.9 Å². The average Bonchev–Trinajstić information content (AvgIpc) is 2.70. The normalized spacial score (nSPS) is 27.7. The maximum Gasteiger partial charge on any atom is 0.0614 e. The standard InChI is InChI=1S/C16H24N2S/c17-12-16(9-5-11-19-13-16)18-10-4-3-7-14-6-1-2-8-15(14)18/h1-2,6,8H,3-5,7,9-13,17H2. The predicted molar refractivity (Wildman–Crippen MR) is 85.1 cm³/mol. The van der Waals surface area contributed by atoms with Gasteiger partial charge in [0.25, 0.3) is 0 Å². The van der Waals surface area contributed by atoms with Crippen LogP contribution in [0.1, 0.15) is 31.2 Å². The third kappa shape index (κ3) is 2.50. The van der Waals surface area contributed by atoms with E-state index in [0.29, 0.717) is 0 Å². The van der Waals surface area contributed by atoms with Crippen molar-refractivity contribution in [2.75, 3.05) is 29.5 Å². The Hall–Kier alpha value is -0.670. The number of benzene rings is 1. The van der Waals surface area contributed by atoms with Crippen LogP contribution in [0.5, 0.6) is 0 Å². The molecule has 2 nitrogen and oxygen atoms in total. The minimum atomic E-state index is 0.198. The first-order valence-electron chi connectivity index (χ1n) is 7.49. The Morgan fingerprint density at radius 3 is 2.89 bits per heavy atom. The van der Waals surface area contributed by atoms with E-state index in [1.54, 1.807) is 0 Å². The quantitative estimate of drug-likeness (QED) is 0.900. The number of para-hydroxylation sites is 1. The highest BCUT2D eigenvalue weighted by molar-refractivity contribution is 7.99. The van der Waals surface area contributed by atoms with E-state index < -0.39 is 0 Å². The smallest absolute Gasteiger partial charge is 0.0614 e. The zero-order chi connectivity index (χ0) is 13.1. The molecule has 0 aliphatic carbocycles. The first-order valence-corrected chi connectivity index (χ1v) is 8.65. The van der Waals surface area contributed by atoms with Crippen molar-refractivity contribution in [1.82, 2.24) is 0 Å². The Morgan fingerprint density at radius 1 is 1.21 bits per heavy atom. The van der Waals surface area contributed by atoms with Gasteiger partial charge in [-0.05, 0) is 49.5 Å². The molecule has 2 aliphatic heterocycles. The molecular formula is C16H24N2S. The zero-order valence-corrected chi connectivity index (χ0v) is 12.4. The maximum absolute atomic E-state index is 6.22. The van der Waals surface area contributed by atoms with Gasteiger partial charge in [0.1, 0.15) is 0 Å². The molecule has 3 heteroatoms. The van der Waals surface area contributed by atoms with Crippen LogP contribution < -0.4 is 10.6 Å². The Bertz CT molecular complexity index is 427. The van der Waals surface area contributed by atoms with Gasteiger partial charge >= 0.3 is 0 Å². The molecule has 1 atom stereocenters. The highest BCUT2D eigenvalue weighted by Crippen LogP contribution is 2.38. The van der Waals surface area contributed by atoms with Crippen molar-refractivity contribution in [1.29, 1.82) is 0 Å². The number of thioether (sulfide) groups is 1. The van der Waals surface area contributed by atoms with Crippen LogP contribution in [0.25, 0.3) is 0 Å². The van der Waals surface area contributed by atoms with E-state index in [1.807, 2.05) is 0 Å². The van der Waals surface area contributed by atoms with Gasteiger partial charge in [-0.2, -0.15) is 11.8 Å². The molecule has 1 fully saturated rings. The molecule has 1 aromatic rings. The SMILES string of the molecule is NCC1(N2CCCCc3ccccc32)CCCSC1. The lowest BCUT2D eigenvalue weighted by Crippen LogP contribution is -2.57. The third-order valence-corrected chi connectivity index (χ3v) is 5.93. The van der Waals surface area contributed by atoms with Gasteiger partial charge in [-0.1, -0.05) is 18.2 Å². The van der Waals surface area contributed by atoms with Crippen molar-refractivity contribution < 1.29 is 0 Å². The van der Waals surface area contributed by atoms with Crippen molar-refractivity contribution in [3.8, 4) is 0 Å². The summed E-state index contributed by atoms with van der Waals surface area (Å²) in [7, 11) is 0. The molecule has 3 rings (SSSR count). The summed E-state index contributed by atoms with van der Waals surface area (Å²) in [6.07, 6.45) is 6.38. The molecule has 1 unspecified atom stereocenters. The van der Waals surface area contributed by atoms with Crippen molar-refractivity contribution in [3.05, 3.63) is 29.8 Å². The van der Waals surface area contributed by atoms with Crippen molar-refractivity contribution in [2.45, 2.75) is 37.6 Å². The summed E-state index contributed by atoms with van der Waals surface area (Å²) in [5.74, 6) is 2.50. The summed E-state index contributed by atoms with van der Waals surface area (Å²) < 4.78 is 0. The Kier molecular flexibility index (Phi) is 4.04. The fraction of sp³-hybridized carbons (Fsp3) is 0.625.